The van der Waals surface area contributed by atoms with E-state index in [9.17, 15) is 9.18 Å². The molecule has 0 aliphatic carbocycles. The van der Waals surface area contributed by atoms with Crippen molar-refractivity contribution in [2.45, 2.75) is 38.8 Å². The van der Waals surface area contributed by atoms with Gasteiger partial charge < -0.3 is 21.7 Å². The minimum Gasteiger partial charge on any atom is -0.396 e. The number of piperidine rings is 1. The fraction of sp³-hybridized carbons (Fsp3) is 0.320. The maximum atomic E-state index is 14.0. The molecule has 2 heterocycles. The number of anilines is 3. The first kappa shape index (κ1) is 22.5. The summed E-state index contributed by atoms with van der Waals surface area (Å²) in [5.74, 6) is 0.0426. The predicted molar refractivity (Wildman–Crippen MR) is 129 cm³/mol. The number of aromatic nitrogens is 2. The van der Waals surface area contributed by atoms with E-state index in [-0.39, 0.29) is 35.5 Å². The molecular weight excluding hydrogens is 419 g/mol. The first-order chi connectivity index (χ1) is 15.8. The Morgan fingerprint density at radius 1 is 1.12 bits per heavy atom. The summed E-state index contributed by atoms with van der Waals surface area (Å²) in [6, 6.07) is 16.3. The summed E-state index contributed by atoms with van der Waals surface area (Å²) < 4.78 is 14.0. The second kappa shape index (κ2) is 9.44. The van der Waals surface area contributed by atoms with Gasteiger partial charge in [0.2, 0.25) is 11.9 Å². The van der Waals surface area contributed by atoms with Gasteiger partial charge in [0, 0.05) is 24.2 Å². The summed E-state index contributed by atoms with van der Waals surface area (Å²) in [5, 5.41) is 3.14. The van der Waals surface area contributed by atoms with E-state index in [1.54, 1.807) is 12.1 Å². The molecule has 1 aromatic heterocycles. The van der Waals surface area contributed by atoms with Crippen molar-refractivity contribution in [3.05, 3.63) is 66.0 Å². The predicted octanol–water partition coefficient (Wildman–Crippen LogP) is 3.93. The molecule has 172 valence electrons. The van der Waals surface area contributed by atoms with Crippen LogP contribution in [0.2, 0.25) is 0 Å². The molecule has 1 fully saturated rings. The molecule has 0 radical (unpaired) electrons. The molecule has 1 aliphatic heterocycles. The molecule has 1 saturated heterocycles. The van der Waals surface area contributed by atoms with E-state index in [0.717, 1.165) is 18.4 Å². The molecule has 0 spiro atoms. The van der Waals surface area contributed by atoms with Crippen molar-refractivity contribution in [2.75, 3.05) is 22.9 Å². The highest BCUT2D eigenvalue weighted by atomic mass is 19.1. The normalized spacial score (nSPS) is 19.2. The van der Waals surface area contributed by atoms with Crippen LogP contribution in [-0.2, 0) is 4.79 Å². The summed E-state index contributed by atoms with van der Waals surface area (Å²) in [7, 11) is 0. The van der Waals surface area contributed by atoms with E-state index in [0.29, 0.717) is 23.6 Å². The van der Waals surface area contributed by atoms with Crippen molar-refractivity contribution in [2.24, 2.45) is 5.92 Å². The molecule has 1 unspecified atom stereocenters. The average molecular weight is 449 g/mol. The van der Waals surface area contributed by atoms with E-state index >= 15 is 0 Å². The van der Waals surface area contributed by atoms with Gasteiger partial charge in [-0.1, -0.05) is 36.4 Å². The van der Waals surface area contributed by atoms with Crippen LogP contribution in [0.5, 0.6) is 0 Å². The number of hydrogen-bond acceptors (Lipinski definition) is 6. The highest BCUT2D eigenvalue weighted by molar-refractivity contribution is 5.80. The van der Waals surface area contributed by atoms with Crippen molar-refractivity contribution in [1.82, 2.24) is 15.3 Å². The highest BCUT2D eigenvalue weighted by Gasteiger charge is 2.31. The summed E-state index contributed by atoms with van der Waals surface area (Å²) >= 11 is 0. The van der Waals surface area contributed by atoms with Gasteiger partial charge in [0.1, 0.15) is 11.6 Å². The van der Waals surface area contributed by atoms with Crippen molar-refractivity contribution in [3.63, 3.8) is 0 Å². The fourth-order valence-corrected chi connectivity index (χ4v) is 4.23. The molecule has 0 saturated carbocycles. The van der Waals surface area contributed by atoms with Gasteiger partial charge in [-0.15, -0.1) is 0 Å². The highest BCUT2D eigenvalue weighted by Crippen LogP contribution is 2.31. The Kier molecular flexibility index (Phi) is 6.44. The van der Waals surface area contributed by atoms with Gasteiger partial charge in [0.25, 0.3) is 0 Å². The number of amides is 1. The Hall–Kier alpha value is -3.68. The quantitative estimate of drug-likeness (QED) is 0.510. The number of nitrogen functional groups attached to an aromatic ring is 2. The molecule has 4 rings (SSSR count). The number of rotatable bonds is 5. The molecule has 8 heteroatoms. The first-order valence-corrected chi connectivity index (χ1v) is 11.1. The Labute approximate surface area is 193 Å². The number of nitrogens with zero attached hydrogens (tertiary/aromatic N) is 3. The second-order valence-corrected chi connectivity index (χ2v) is 8.62. The number of nitrogens with one attached hydrogen (secondary N) is 1. The Morgan fingerprint density at radius 3 is 2.61 bits per heavy atom. The number of carbonyl (C=O) groups is 1. The monoisotopic (exact) mass is 448 g/mol. The molecule has 0 bridgehead atoms. The lowest BCUT2D eigenvalue weighted by molar-refractivity contribution is -0.126. The third kappa shape index (κ3) is 5.05. The van der Waals surface area contributed by atoms with Crippen LogP contribution in [0, 0.1) is 11.7 Å². The fourth-order valence-electron chi connectivity index (χ4n) is 4.23. The maximum Gasteiger partial charge on any atom is 0.225 e. The van der Waals surface area contributed by atoms with Crippen molar-refractivity contribution < 1.29 is 9.18 Å². The molecule has 7 nitrogen and oxygen atoms in total. The molecule has 5 N–H and O–H groups in total. The number of halogens is 1. The van der Waals surface area contributed by atoms with Gasteiger partial charge in [-0.2, -0.15) is 4.98 Å². The number of hydrogen-bond donors (Lipinski definition) is 3. The summed E-state index contributed by atoms with van der Waals surface area (Å²) in [6.07, 6.45) is 1.63. The van der Waals surface area contributed by atoms with Gasteiger partial charge in [-0.05, 0) is 44.4 Å². The van der Waals surface area contributed by atoms with E-state index in [1.807, 2.05) is 37.3 Å². The lowest BCUT2D eigenvalue weighted by atomic mass is 9.92. The van der Waals surface area contributed by atoms with Gasteiger partial charge in [-0.25, -0.2) is 9.37 Å². The van der Waals surface area contributed by atoms with E-state index < -0.39 is 5.82 Å². The van der Waals surface area contributed by atoms with Crippen LogP contribution in [0.15, 0.2) is 54.6 Å². The minimum absolute atomic E-state index is 0.0195. The molecule has 1 aliphatic rings. The summed E-state index contributed by atoms with van der Waals surface area (Å²) in [6.45, 7) is 4.60. The lowest BCUT2D eigenvalue weighted by Crippen LogP contribution is -2.47. The Morgan fingerprint density at radius 2 is 1.88 bits per heavy atom. The largest absolute Gasteiger partial charge is 0.396 e. The zero-order valence-electron chi connectivity index (χ0n) is 18.8. The molecule has 2 aromatic carbocycles. The summed E-state index contributed by atoms with van der Waals surface area (Å²) in [4.78, 5) is 23.8. The Balaban J connectivity index is 1.54. The van der Waals surface area contributed by atoms with Crippen molar-refractivity contribution >= 4 is 23.4 Å². The standard InChI is InChI=1S/C25H29FN6O/c1-15-8-9-19(24(33)29-16(2)17-6-4-3-5-7-17)14-32(15)23-13-22(30-25(28)31-23)18-10-11-21(27)20(26)12-18/h3-7,10-13,15-16,19H,8-9,14,27H2,1-2H3,(H,29,33)(H2,28,30,31)/t15-,16?,19+/m1/s1. The van der Waals surface area contributed by atoms with Crippen LogP contribution in [0.4, 0.5) is 21.8 Å². The van der Waals surface area contributed by atoms with Crippen LogP contribution >= 0.6 is 0 Å². The SMILES string of the molecule is CC(NC(=O)[C@H]1CC[C@@H](C)N(c2cc(-c3ccc(N)c(F)c3)nc(N)n2)C1)c1ccccc1. The molecular formula is C25H29FN6O. The number of benzene rings is 2. The molecule has 33 heavy (non-hydrogen) atoms. The number of carbonyl (C=O) groups excluding carboxylic acids is 1. The van der Waals surface area contributed by atoms with E-state index in [4.69, 9.17) is 11.5 Å². The summed E-state index contributed by atoms with van der Waals surface area (Å²) in [5.41, 5.74) is 13.8. The van der Waals surface area contributed by atoms with Gasteiger partial charge in [-0.3, -0.25) is 4.79 Å². The molecule has 1 amide bonds. The maximum absolute atomic E-state index is 14.0. The lowest BCUT2D eigenvalue weighted by Gasteiger charge is -2.38. The third-order valence-electron chi connectivity index (χ3n) is 6.23. The second-order valence-electron chi connectivity index (χ2n) is 8.62. The van der Waals surface area contributed by atoms with Gasteiger partial charge >= 0.3 is 0 Å². The number of nitrogens with two attached hydrogens (primary N) is 2. The zero-order chi connectivity index (χ0) is 23.5. The smallest absolute Gasteiger partial charge is 0.225 e. The average Bonchev–Trinajstić information content (AvgIpc) is 2.81. The molecule has 3 atom stereocenters. The van der Waals surface area contributed by atoms with Crippen LogP contribution in [0.3, 0.4) is 0 Å². The van der Waals surface area contributed by atoms with E-state index in [1.165, 1.54) is 12.1 Å². The van der Waals surface area contributed by atoms with Crippen LogP contribution in [-0.4, -0.2) is 28.5 Å². The van der Waals surface area contributed by atoms with Crippen LogP contribution in [0.1, 0.15) is 38.3 Å². The zero-order valence-corrected chi connectivity index (χ0v) is 18.8. The Bertz CT molecular complexity index is 1140. The minimum atomic E-state index is -0.512. The van der Waals surface area contributed by atoms with Crippen LogP contribution in [0.25, 0.3) is 11.3 Å². The first-order valence-electron chi connectivity index (χ1n) is 11.1. The topological polar surface area (TPSA) is 110 Å². The van der Waals surface area contributed by atoms with Crippen molar-refractivity contribution in [1.29, 1.82) is 0 Å². The van der Waals surface area contributed by atoms with Gasteiger partial charge in [0.15, 0.2) is 0 Å². The molecule has 3 aromatic rings. The third-order valence-corrected chi connectivity index (χ3v) is 6.23. The van der Waals surface area contributed by atoms with Gasteiger partial charge in [0.05, 0.1) is 23.3 Å². The van der Waals surface area contributed by atoms with E-state index in [2.05, 4.69) is 27.1 Å². The van der Waals surface area contributed by atoms with Crippen LogP contribution < -0.4 is 21.7 Å². The van der Waals surface area contributed by atoms with Crippen molar-refractivity contribution in [3.8, 4) is 11.3 Å².